The van der Waals surface area contributed by atoms with E-state index in [2.05, 4.69) is 10.2 Å². The van der Waals surface area contributed by atoms with Crippen molar-refractivity contribution in [1.29, 1.82) is 0 Å². The first-order valence-electron chi connectivity index (χ1n) is 8.62. The Morgan fingerprint density at radius 2 is 1.85 bits per heavy atom. The van der Waals surface area contributed by atoms with Gasteiger partial charge in [-0.05, 0) is 17.7 Å². The van der Waals surface area contributed by atoms with E-state index >= 15 is 0 Å². The predicted molar refractivity (Wildman–Crippen MR) is 110 cm³/mol. The Hall–Kier alpha value is -1.25. The van der Waals surface area contributed by atoms with Crippen LogP contribution in [-0.4, -0.2) is 64.4 Å². The van der Waals surface area contributed by atoms with Crippen LogP contribution in [0.25, 0.3) is 0 Å². The lowest BCUT2D eigenvalue weighted by molar-refractivity contribution is -0.124. The molecule has 0 spiro atoms. The Morgan fingerprint density at radius 1 is 1.22 bits per heavy atom. The lowest BCUT2D eigenvalue weighted by atomic mass is 10.0. The average molecular weight is 424 g/mol. The molecule has 1 saturated heterocycles. The largest absolute Gasteiger partial charge is 0.493 e. The second kappa shape index (κ2) is 13.0. The number of amides is 1. The van der Waals surface area contributed by atoms with Crippen LogP contribution in [-0.2, 0) is 9.53 Å². The number of nitrogens with zero attached hydrogens (tertiary/aromatic N) is 1. The fourth-order valence-corrected chi connectivity index (χ4v) is 2.89. The zero-order valence-electron chi connectivity index (χ0n) is 16.1. The maximum Gasteiger partial charge on any atom is 0.224 e. The lowest BCUT2D eigenvalue weighted by Gasteiger charge is -2.35. The van der Waals surface area contributed by atoms with E-state index in [1.807, 2.05) is 25.1 Å². The second-order valence-corrected chi connectivity index (χ2v) is 6.16. The molecule has 1 aliphatic rings. The van der Waals surface area contributed by atoms with Crippen molar-refractivity contribution in [2.75, 3.05) is 53.6 Å². The Labute approximate surface area is 173 Å². The van der Waals surface area contributed by atoms with Crippen LogP contribution in [0.2, 0.25) is 0 Å². The molecule has 2 atom stereocenters. The normalized spacial score (nSPS) is 16.3. The summed E-state index contributed by atoms with van der Waals surface area (Å²) in [5.74, 6) is 1.14. The number of rotatable bonds is 8. The first-order chi connectivity index (χ1) is 12.1. The summed E-state index contributed by atoms with van der Waals surface area (Å²) in [6, 6.07) is 5.92. The van der Waals surface area contributed by atoms with Gasteiger partial charge in [0.25, 0.3) is 0 Å². The van der Waals surface area contributed by atoms with Crippen molar-refractivity contribution in [3.63, 3.8) is 0 Å². The number of halogens is 2. The lowest BCUT2D eigenvalue weighted by Crippen LogP contribution is -2.45. The molecule has 0 radical (unpaired) electrons. The highest BCUT2D eigenvalue weighted by Gasteiger charge is 2.25. The number of morpholine rings is 1. The van der Waals surface area contributed by atoms with Gasteiger partial charge in [0.2, 0.25) is 5.91 Å². The Balaban J connectivity index is 0.00000338. The van der Waals surface area contributed by atoms with Crippen molar-refractivity contribution < 1.29 is 19.0 Å². The number of carbonyl (C=O) groups excluding carboxylic acids is 1. The van der Waals surface area contributed by atoms with E-state index in [-0.39, 0.29) is 42.7 Å². The molecule has 1 amide bonds. The smallest absolute Gasteiger partial charge is 0.224 e. The third-order valence-corrected chi connectivity index (χ3v) is 4.55. The minimum Gasteiger partial charge on any atom is -0.493 e. The molecule has 1 aromatic carbocycles. The highest BCUT2D eigenvalue weighted by molar-refractivity contribution is 5.85. The van der Waals surface area contributed by atoms with Crippen LogP contribution >= 0.6 is 24.8 Å². The number of hydrogen-bond acceptors (Lipinski definition) is 6. The third-order valence-electron chi connectivity index (χ3n) is 4.55. The number of nitrogens with one attached hydrogen (secondary N) is 1. The van der Waals surface area contributed by atoms with Gasteiger partial charge in [-0.15, -0.1) is 24.8 Å². The number of benzene rings is 1. The SMILES string of the molecule is COc1ccc(C(CNC(=O)C(C)CN)N2CCOCC2)cc1OC.Cl.Cl. The van der Waals surface area contributed by atoms with E-state index in [9.17, 15) is 4.79 Å². The molecule has 0 aliphatic carbocycles. The van der Waals surface area contributed by atoms with Crippen molar-refractivity contribution in [2.45, 2.75) is 13.0 Å². The Bertz CT molecular complexity index is 572. The molecule has 3 N–H and O–H groups in total. The molecule has 0 aromatic heterocycles. The molecule has 0 bridgehead atoms. The van der Waals surface area contributed by atoms with Crippen molar-refractivity contribution in [1.82, 2.24) is 10.2 Å². The summed E-state index contributed by atoms with van der Waals surface area (Å²) in [5, 5.41) is 3.02. The van der Waals surface area contributed by atoms with Gasteiger partial charge in [0, 0.05) is 32.1 Å². The van der Waals surface area contributed by atoms with E-state index in [4.69, 9.17) is 19.9 Å². The van der Waals surface area contributed by atoms with Crippen LogP contribution < -0.4 is 20.5 Å². The fraction of sp³-hybridized carbons (Fsp3) is 0.611. The minimum atomic E-state index is -0.198. The summed E-state index contributed by atoms with van der Waals surface area (Å²) >= 11 is 0. The van der Waals surface area contributed by atoms with Gasteiger partial charge in [0.05, 0.1) is 33.5 Å². The standard InChI is InChI=1S/C18H29N3O4.2ClH/c1-13(11-19)18(22)20-12-15(21-6-8-25-9-7-21)14-4-5-16(23-2)17(10-14)24-3;;/h4-5,10,13,15H,6-9,11-12,19H2,1-3H3,(H,20,22);2*1H. The number of methoxy groups -OCH3 is 2. The number of ether oxygens (including phenoxy) is 3. The van der Waals surface area contributed by atoms with Gasteiger partial charge in [-0.3, -0.25) is 9.69 Å². The highest BCUT2D eigenvalue weighted by atomic mass is 35.5. The van der Waals surface area contributed by atoms with Crippen molar-refractivity contribution in [3.05, 3.63) is 23.8 Å². The fourth-order valence-electron chi connectivity index (χ4n) is 2.89. The molecular formula is C18H31Cl2N3O4. The van der Waals surface area contributed by atoms with Crippen LogP contribution in [0.15, 0.2) is 18.2 Å². The van der Waals surface area contributed by atoms with E-state index in [0.29, 0.717) is 37.8 Å². The minimum absolute atomic E-state index is 0. The molecule has 1 aromatic rings. The molecule has 2 rings (SSSR count). The van der Waals surface area contributed by atoms with E-state index in [1.165, 1.54) is 0 Å². The van der Waals surface area contributed by atoms with E-state index < -0.39 is 0 Å². The third kappa shape index (κ3) is 7.01. The van der Waals surface area contributed by atoms with Gasteiger partial charge in [-0.2, -0.15) is 0 Å². The van der Waals surface area contributed by atoms with Crippen LogP contribution in [0, 0.1) is 5.92 Å². The summed E-state index contributed by atoms with van der Waals surface area (Å²) in [5.41, 5.74) is 6.65. The van der Waals surface area contributed by atoms with Crippen LogP contribution in [0.1, 0.15) is 18.5 Å². The van der Waals surface area contributed by atoms with Crippen molar-refractivity contribution in [2.24, 2.45) is 11.7 Å². The molecule has 0 saturated carbocycles. The number of nitrogens with two attached hydrogens (primary N) is 1. The van der Waals surface area contributed by atoms with Gasteiger partial charge in [-0.25, -0.2) is 0 Å². The van der Waals surface area contributed by atoms with Gasteiger partial charge in [0.1, 0.15) is 0 Å². The zero-order chi connectivity index (χ0) is 18.2. The summed E-state index contributed by atoms with van der Waals surface area (Å²) in [4.78, 5) is 14.5. The van der Waals surface area contributed by atoms with E-state index in [1.54, 1.807) is 14.2 Å². The molecule has 156 valence electrons. The first-order valence-corrected chi connectivity index (χ1v) is 8.62. The molecule has 7 nitrogen and oxygen atoms in total. The average Bonchev–Trinajstić information content (AvgIpc) is 2.67. The topological polar surface area (TPSA) is 86.0 Å². The highest BCUT2D eigenvalue weighted by Crippen LogP contribution is 2.32. The van der Waals surface area contributed by atoms with Gasteiger partial charge >= 0.3 is 0 Å². The molecule has 2 unspecified atom stereocenters. The Kier molecular flexibility index (Phi) is 12.4. The molecule has 9 heteroatoms. The monoisotopic (exact) mass is 423 g/mol. The molecule has 1 aliphatic heterocycles. The Morgan fingerprint density at radius 3 is 2.41 bits per heavy atom. The quantitative estimate of drug-likeness (QED) is 0.660. The van der Waals surface area contributed by atoms with Crippen molar-refractivity contribution in [3.8, 4) is 11.5 Å². The molecule has 1 fully saturated rings. The van der Waals surface area contributed by atoms with E-state index in [0.717, 1.165) is 18.7 Å². The summed E-state index contributed by atoms with van der Waals surface area (Å²) < 4.78 is 16.2. The van der Waals surface area contributed by atoms with Gasteiger partial charge < -0.3 is 25.3 Å². The number of carbonyl (C=O) groups is 1. The summed E-state index contributed by atoms with van der Waals surface area (Å²) in [7, 11) is 3.24. The molecule has 27 heavy (non-hydrogen) atoms. The molecular weight excluding hydrogens is 393 g/mol. The summed E-state index contributed by atoms with van der Waals surface area (Å²) in [6.45, 7) is 5.70. The second-order valence-electron chi connectivity index (χ2n) is 6.16. The first kappa shape index (κ1) is 25.8. The predicted octanol–water partition coefficient (Wildman–Crippen LogP) is 1.63. The van der Waals surface area contributed by atoms with Crippen LogP contribution in [0.3, 0.4) is 0 Å². The molecule has 1 heterocycles. The number of hydrogen-bond donors (Lipinski definition) is 2. The summed E-state index contributed by atoms with van der Waals surface area (Å²) in [6.07, 6.45) is 0. The van der Waals surface area contributed by atoms with Crippen LogP contribution in [0.5, 0.6) is 11.5 Å². The van der Waals surface area contributed by atoms with Crippen molar-refractivity contribution >= 4 is 30.7 Å². The zero-order valence-corrected chi connectivity index (χ0v) is 17.7. The van der Waals surface area contributed by atoms with Gasteiger partial charge in [0.15, 0.2) is 11.5 Å². The van der Waals surface area contributed by atoms with Crippen LogP contribution in [0.4, 0.5) is 0 Å². The maximum absolute atomic E-state index is 12.1. The maximum atomic E-state index is 12.1. The van der Waals surface area contributed by atoms with Gasteiger partial charge in [-0.1, -0.05) is 13.0 Å².